The molecule has 0 aliphatic rings. The van der Waals surface area contributed by atoms with Crippen LogP contribution in [-0.4, -0.2) is 23.2 Å². The minimum Gasteiger partial charge on any atom is -0.497 e. The second-order valence-corrected chi connectivity index (χ2v) is 7.03. The number of thiazole rings is 1. The summed E-state index contributed by atoms with van der Waals surface area (Å²) in [6.07, 6.45) is 0. The van der Waals surface area contributed by atoms with Crippen LogP contribution in [0.2, 0.25) is 0 Å². The van der Waals surface area contributed by atoms with Crippen molar-refractivity contribution in [3.8, 4) is 5.75 Å². The highest BCUT2D eigenvalue weighted by Crippen LogP contribution is 2.29. The first-order chi connectivity index (χ1) is 11.2. The summed E-state index contributed by atoms with van der Waals surface area (Å²) in [6.45, 7) is 0. The number of methoxy groups -OCH3 is 1. The molecule has 0 atom stereocenters. The zero-order chi connectivity index (χ0) is 16.2. The highest BCUT2D eigenvalue weighted by Gasteiger charge is 2.12. The van der Waals surface area contributed by atoms with Crippen LogP contribution in [0.25, 0.3) is 10.2 Å². The summed E-state index contributed by atoms with van der Waals surface area (Å²) in [5.74, 6) is 0.731. The number of ether oxygens (including phenoxy) is 1. The van der Waals surface area contributed by atoms with E-state index in [9.17, 15) is 9.59 Å². The lowest BCUT2D eigenvalue weighted by atomic mass is 10.3. The monoisotopic (exact) mass is 365 g/mol. The van der Waals surface area contributed by atoms with E-state index in [1.165, 1.54) is 22.7 Å². The molecule has 0 aliphatic heterocycles. The van der Waals surface area contributed by atoms with Gasteiger partial charge in [0.05, 0.1) is 22.2 Å². The molecule has 23 heavy (non-hydrogen) atoms. The van der Waals surface area contributed by atoms with Gasteiger partial charge >= 0.3 is 6.03 Å². The molecule has 9 heteroatoms. The summed E-state index contributed by atoms with van der Waals surface area (Å²) in [4.78, 5) is 28.5. The number of nitrogens with one attached hydrogen (secondary N) is 2. The van der Waals surface area contributed by atoms with Gasteiger partial charge < -0.3 is 4.74 Å². The van der Waals surface area contributed by atoms with E-state index in [0.717, 1.165) is 27.9 Å². The van der Waals surface area contributed by atoms with Crippen molar-refractivity contribution < 1.29 is 14.3 Å². The number of thiophene rings is 1. The molecule has 0 saturated carbocycles. The first-order valence-electron chi connectivity index (χ1n) is 6.42. The number of nitrogens with zero attached hydrogens (tertiary/aromatic N) is 1. The Labute approximate surface area is 144 Å². The number of urea groups is 1. The van der Waals surface area contributed by atoms with E-state index in [1.54, 1.807) is 25.3 Å². The molecular formula is C14H11N3O3S3. The van der Waals surface area contributed by atoms with Gasteiger partial charge in [0, 0.05) is 11.9 Å². The molecular weight excluding hydrogens is 354 g/mol. The lowest BCUT2D eigenvalue weighted by Gasteiger charge is -2.02. The number of amides is 2. The molecule has 0 bridgehead atoms. The molecule has 3 rings (SSSR count). The van der Waals surface area contributed by atoms with E-state index in [1.807, 2.05) is 17.5 Å². The summed E-state index contributed by atoms with van der Waals surface area (Å²) in [7, 11) is 1.59. The fourth-order valence-corrected chi connectivity index (χ4v) is 3.87. The molecule has 2 amide bonds. The minimum absolute atomic E-state index is 0.204. The molecule has 2 aromatic heterocycles. The number of fused-ring (bicyclic) bond motifs is 1. The number of hydrogen-bond donors (Lipinski definition) is 2. The Bertz CT molecular complexity index is 845. The Morgan fingerprint density at radius 3 is 2.91 bits per heavy atom. The molecule has 2 heterocycles. The Balaban J connectivity index is 1.60. The largest absolute Gasteiger partial charge is 0.497 e. The van der Waals surface area contributed by atoms with E-state index >= 15 is 0 Å². The molecule has 6 nitrogen and oxygen atoms in total. The summed E-state index contributed by atoms with van der Waals surface area (Å²) in [5.41, 5.74) is 0.772. The summed E-state index contributed by atoms with van der Waals surface area (Å²) >= 11 is 3.40. The first kappa shape index (κ1) is 15.8. The smallest absolute Gasteiger partial charge is 0.331 e. The Morgan fingerprint density at radius 1 is 1.30 bits per heavy atom. The van der Waals surface area contributed by atoms with Gasteiger partial charge in [0.15, 0.2) is 5.13 Å². The third-order valence-electron chi connectivity index (χ3n) is 2.77. The van der Waals surface area contributed by atoms with Gasteiger partial charge in [-0.25, -0.2) is 9.78 Å². The highest BCUT2D eigenvalue weighted by molar-refractivity contribution is 8.13. The third-order valence-corrected chi connectivity index (χ3v) is 5.40. The zero-order valence-electron chi connectivity index (χ0n) is 11.9. The van der Waals surface area contributed by atoms with Crippen LogP contribution in [0.15, 0.2) is 35.7 Å². The number of aromatic nitrogens is 1. The molecule has 0 unspecified atom stereocenters. The molecule has 2 N–H and O–H groups in total. The number of hydrogen-bond acceptors (Lipinski definition) is 7. The van der Waals surface area contributed by atoms with Crippen molar-refractivity contribution in [1.29, 1.82) is 0 Å². The highest BCUT2D eigenvalue weighted by atomic mass is 32.2. The number of carbonyl (C=O) groups excluding carboxylic acids is 2. The predicted octanol–water partition coefficient (Wildman–Crippen LogP) is 3.98. The van der Waals surface area contributed by atoms with Gasteiger partial charge in [0.1, 0.15) is 5.75 Å². The minimum atomic E-state index is -0.495. The molecule has 0 spiro atoms. The molecule has 3 aromatic rings. The first-order valence-corrected chi connectivity index (χ1v) is 8.93. The predicted molar refractivity (Wildman–Crippen MR) is 94.6 cm³/mol. The Morgan fingerprint density at radius 2 is 2.17 bits per heavy atom. The van der Waals surface area contributed by atoms with Crippen molar-refractivity contribution in [1.82, 2.24) is 9.71 Å². The maximum absolute atomic E-state index is 11.8. The summed E-state index contributed by atoms with van der Waals surface area (Å²) < 4.78 is 8.51. The summed E-state index contributed by atoms with van der Waals surface area (Å²) in [5, 5.41) is 4.67. The standard InChI is InChI=1S/C14H11N3O3S3/c1-20-8-4-5-9-11(7-8)22-14(15-9)16-13(19)17-23-12(18)10-3-2-6-21-10/h2-7H,1H3,(H2,15,16,17,19). The van der Waals surface area contributed by atoms with Gasteiger partial charge in [-0.2, -0.15) is 0 Å². The molecule has 0 radical (unpaired) electrons. The van der Waals surface area contributed by atoms with Crippen molar-refractivity contribution >= 4 is 61.1 Å². The van der Waals surface area contributed by atoms with Crippen LogP contribution < -0.4 is 14.8 Å². The van der Waals surface area contributed by atoms with Crippen molar-refractivity contribution in [2.24, 2.45) is 0 Å². The molecule has 118 valence electrons. The van der Waals surface area contributed by atoms with Gasteiger partial charge in [-0.05, 0) is 29.6 Å². The van der Waals surface area contributed by atoms with E-state index in [0.29, 0.717) is 10.0 Å². The van der Waals surface area contributed by atoms with E-state index in [2.05, 4.69) is 15.0 Å². The Hall–Kier alpha value is -2.10. The van der Waals surface area contributed by atoms with Crippen molar-refractivity contribution in [2.75, 3.05) is 12.4 Å². The molecule has 0 saturated heterocycles. The van der Waals surface area contributed by atoms with Crippen molar-refractivity contribution in [2.45, 2.75) is 0 Å². The zero-order valence-corrected chi connectivity index (χ0v) is 14.3. The number of carbonyl (C=O) groups is 2. The lowest BCUT2D eigenvalue weighted by molar-refractivity contribution is 0.109. The van der Waals surface area contributed by atoms with Gasteiger partial charge in [0.2, 0.25) is 5.12 Å². The number of rotatable bonds is 3. The quantitative estimate of drug-likeness (QED) is 0.686. The Kier molecular flexibility index (Phi) is 4.79. The SMILES string of the molecule is COc1ccc2nc(NC(=O)NSC(=O)c3cccs3)sc2c1. The topological polar surface area (TPSA) is 80.3 Å². The van der Waals surface area contributed by atoms with Crippen molar-refractivity contribution in [3.63, 3.8) is 0 Å². The van der Waals surface area contributed by atoms with E-state index in [-0.39, 0.29) is 5.12 Å². The fraction of sp³-hybridized carbons (Fsp3) is 0.0714. The van der Waals surface area contributed by atoms with Crippen LogP contribution in [0.1, 0.15) is 9.67 Å². The second-order valence-electron chi connectivity index (χ2n) is 4.28. The normalized spacial score (nSPS) is 10.5. The van der Waals surface area contributed by atoms with E-state index in [4.69, 9.17) is 4.74 Å². The molecule has 1 aromatic carbocycles. The van der Waals surface area contributed by atoms with Crippen molar-refractivity contribution in [3.05, 3.63) is 40.6 Å². The second kappa shape index (κ2) is 6.99. The maximum Gasteiger partial charge on any atom is 0.331 e. The third kappa shape index (κ3) is 3.81. The van der Waals surface area contributed by atoms with Gasteiger partial charge in [-0.3, -0.25) is 14.8 Å². The van der Waals surface area contributed by atoms with Crippen LogP contribution in [0.3, 0.4) is 0 Å². The van der Waals surface area contributed by atoms with Crippen LogP contribution in [0.5, 0.6) is 5.75 Å². The van der Waals surface area contributed by atoms with Crippen LogP contribution >= 0.6 is 34.6 Å². The number of benzene rings is 1. The van der Waals surface area contributed by atoms with Crippen LogP contribution in [0, 0.1) is 0 Å². The summed E-state index contributed by atoms with van der Waals surface area (Å²) in [6, 6.07) is 8.48. The lowest BCUT2D eigenvalue weighted by Crippen LogP contribution is -2.24. The average molecular weight is 365 g/mol. The molecule has 0 fully saturated rings. The van der Waals surface area contributed by atoms with Crippen LogP contribution in [-0.2, 0) is 0 Å². The van der Waals surface area contributed by atoms with E-state index < -0.39 is 6.03 Å². The molecule has 0 aliphatic carbocycles. The number of anilines is 1. The van der Waals surface area contributed by atoms with Crippen LogP contribution in [0.4, 0.5) is 9.93 Å². The average Bonchev–Trinajstić information content (AvgIpc) is 3.20. The van der Waals surface area contributed by atoms with Gasteiger partial charge in [-0.1, -0.05) is 17.4 Å². The van der Waals surface area contributed by atoms with Gasteiger partial charge in [0.25, 0.3) is 0 Å². The maximum atomic E-state index is 11.8. The van der Waals surface area contributed by atoms with Gasteiger partial charge in [-0.15, -0.1) is 11.3 Å². The fourth-order valence-electron chi connectivity index (χ4n) is 1.75.